The quantitative estimate of drug-likeness (QED) is 0.542. The molecule has 0 radical (unpaired) electrons. The average molecular weight is 293 g/mol. The number of hydrogen-bond acceptors (Lipinski definition) is 3. The minimum atomic E-state index is -0.375. The number of fused-ring (bicyclic) bond motifs is 1. The van der Waals surface area contributed by atoms with E-state index >= 15 is 0 Å². The van der Waals surface area contributed by atoms with Crippen LogP contribution in [0.25, 0.3) is 22.8 Å². The Morgan fingerprint density at radius 1 is 1.18 bits per heavy atom. The van der Waals surface area contributed by atoms with E-state index in [1.807, 2.05) is 66.1 Å². The SMILES string of the molecule is CCn1c(C(=Cc2ccccc2)[N+](=O)[O-])nc2ccccc21. The van der Waals surface area contributed by atoms with Crippen LogP contribution < -0.4 is 0 Å². The molecule has 2 aromatic carbocycles. The molecule has 0 bridgehead atoms. The van der Waals surface area contributed by atoms with Gasteiger partial charge in [-0.05, 0) is 24.6 Å². The van der Waals surface area contributed by atoms with E-state index in [9.17, 15) is 10.1 Å². The van der Waals surface area contributed by atoms with Crippen LogP contribution in [-0.4, -0.2) is 14.5 Å². The fourth-order valence-electron chi connectivity index (χ4n) is 2.50. The number of aromatic nitrogens is 2. The largest absolute Gasteiger partial charge is 0.319 e. The molecule has 3 aromatic rings. The molecule has 110 valence electrons. The molecule has 1 heterocycles. The Labute approximate surface area is 127 Å². The van der Waals surface area contributed by atoms with Crippen LogP contribution in [0.5, 0.6) is 0 Å². The third kappa shape index (κ3) is 2.48. The second-order valence-electron chi connectivity index (χ2n) is 4.87. The maximum Gasteiger partial charge on any atom is 0.312 e. The fraction of sp³-hybridized carbons (Fsp3) is 0.118. The Kier molecular flexibility index (Phi) is 3.70. The molecule has 0 spiro atoms. The highest BCUT2D eigenvalue weighted by Gasteiger charge is 2.22. The van der Waals surface area contributed by atoms with Crippen molar-refractivity contribution in [2.24, 2.45) is 0 Å². The van der Waals surface area contributed by atoms with Crippen molar-refractivity contribution in [2.75, 3.05) is 0 Å². The van der Waals surface area contributed by atoms with Crippen LogP contribution in [0.15, 0.2) is 54.6 Å². The molecular weight excluding hydrogens is 278 g/mol. The van der Waals surface area contributed by atoms with E-state index in [0.29, 0.717) is 12.4 Å². The summed E-state index contributed by atoms with van der Waals surface area (Å²) in [5.41, 5.74) is 2.45. The van der Waals surface area contributed by atoms with E-state index in [1.54, 1.807) is 6.08 Å². The summed E-state index contributed by atoms with van der Waals surface area (Å²) in [5.74, 6) is 0.387. The summed E-state index contributed by atoms with van der Waals surface area (Å²) in [5, 5.41) is 11.5. The van der Waals surface area contributed by atoms with Gasteiger partial charge in [0.2, 0.25) is 5.82 Å². The minimum Gasteiger partial charge on any atom is -0.319 e. The lowest BCUT2D eigenvalue weighted by Crippen LogP contribution is -2.07. The number of benzene rings is 2. The Hall–Kier alpha value is -2.95. The average Bonchev–Trinajstić information content (AvgIpc) is 2.91. The van der Waals surface area contributed by atoms with Gasteiger partial charge < -0.3 is 4.57 Å². The summed E-state index contributed by atoms with van der Waals surface area (Å²) in [6.07, 6.45) is 1.56. The lowest BCUT2D eigenvalue weighted by atomic mass is 10.2. The lowest BCUT2D eigenvalue weighted by Gasteiger charge is -2.04. The summed E-state index contributed by atoms with van der Waals surface area (Å²) >= 11 is 0. The van der Waals surface area contributed by atoms with Gasteiger partial charge in [0.15, 0.2) is 0 Å². The molecule has 1 aromatic heterocycles. The molecule has 0 saturated heterocycles. The Morgan fingerprint density at radius 3 is 2.55 bits per heavy atom. The Bertz CT molecular complexity index is 851. The normalized spacial score (nSPS) is 11.8. The predicted octanol–water partition coefficient (Wildman–Crippen LogP) is 3.83. The Balaban J connectivity index is 2.22. The number of aryl methyl sites for hydroxylation is 1. The van der Waals surface area contributed by atoms with Gasteiger partial charge in [0, 0.05) is 12.6 Å². The van der Waals surface area contributed by atoms with Crippen LogP contribution in [0, 0.1) is 10.1 Å². The molecule has 0 aliphatic heterocycles. The highest BCUT2D eigenvalue weighted by Crippen LogP contribution is 2.23. The molecule has 22 heavy (non-hydrogen) atoms. The molecule has 0 aliphatic rings. The molecule has 0 N–H and O–H groups in total. The van der Waals surface area contributed by atoms with Crippen LogP contribution in [0.3, 0.4) is 0 Å². The van der Waals surface area contributed by atoms with E-state index in [1.165, 1.54) is 0 Å². The van der Waals surface area contributed by atoms with Crippen molar-refractivity contribution >= 4 is 22.8 Å². The van der Waals surface area contributed by atoms with E-state index < -0.39 is 0 Å². The maximum absolute atomic E-state index is 11.5. The summed E-state index contributed by atoms with van der Waals surface area (Å²) in [7, 11) is 0. The van der Waals surface area contributed by atoms with Crippen molar-refractivity contribution in [1.82, 2.24) is 9.55 Å². The zero-order valence-electron chi connectivity index (χ0n) is 12.1. The topological polar surface area (TPSA) is 61.0 Å². The van der Waals surface area contributed by atoms with Crippen molar-refractivity contribution in [1.29, 1.82) is 0 Å². The van der Waals surface area contributed by atoms with E-state index in [2.05, 4.69) is 4.98 Å². The van der Waals surface area contributed by atoms with Gasteiger partial charge in [-0.1, -0.05) is 42.5 Å². The van der Waals surface area contributed by atoms with Gasteiger partial charge in [0.1, 0.15) is 0 Å². The van der Waals surface area contributed by atoms with Crippen LogP contribution >= 0.6 is 0 Å². The number of nitro groups is 1. The van der Waals surface area contributed by atoms with E-state index in [4.69, 9.17) is 0 Å². The highest BCUT2D eigenvalue weighted by atomic mass is 16.6. The third-order valence-electron chi connectivity index (χ3n) is 3.50. The van der Waals surface area contributed by atoms with Crippen LogP contribution in [-0.2, 0) is 6.54 Å². The molecule has 5 heteroatoms. The first-order valence-electron chi connectivity index (χ1n) is 7.07. The number of rotatable bonds is 4. The smallest absolute Gasteiger partial charge is 0.312 e. The summed E-state index contributed by atoms with van der Waals surface area (Å²) in [6.45, 7) is 2.58. The van der Waals surface area contributed by atoms with Gasteiger partial charge in [-0.25, -0.2) is 4.98 Å². The molecule has 0 amide bonds. The summed E-state index contributed by atoms with van der Waals surface area (Å²) in [6, 6.07) is 16.8. The van der Waals surface area contributed by atoms with Gasteiger partial charge in [-0.3, -0.25) is 10.1 Å². The first-order chi connectivity index (χ1) is 10.7. The molecule has 0 atom stereocenters. The fourth-order valence-corrected chi connectivity index (χ4v) is 2.50. The van der Waals surface area contributed by atoms with Crippen LogP contribution in [0.2, 0.25) is 0 Å². The van der Waals surface area contributed by atoms with Gasteiger partial charge in [0.05, 0.1) is 16.0 Å². The van der Waals surface area contributed by atoms with Gasteiger partial charge in [-0.15, -0.1) is 0 Å². The van der Waals surface area contributed by atoms with Crippen molar-refractivity contribution in [2.45, 2.75) is 13.5 Å². The second kappa shape index (κ2) is 5.81. The van der Waals surface area contributed by atoms with Crippen molar-refractivity contribution in [3.63, 3.8) is 0 Å². The number of imidazole rings is 1. The highest BCUT2D eigenvalue weighted by molar-refractivity contribution is 5.82. The molecular formula is C17H15N3O2. The van der Waals surface area contributed by atoms with E-state index in [0.717, 1.165) is 16.6 Å². The zero-order chi connectivity index (χ0) is 15.5. The second-order valence-corrected chi connectivity index (χ2v) is 4.87. The Morgan fingerprint density at radius 2 is 1.86 bits per heavy atom. The van der Waals surface area contributed by atoms with Crippen molar-refractivity contribution < 1.29 is 4.92 Å². The third-order valence-corrected chi connectivity index (χ3v) is 3.50. The molecule has 5 nitrogen and oxygen atoms in total. The summed E-state index contributed by atoms with van der Waals surface area (Å²) < 4.78 is 1.87. The lowest BCUT2D eigenvalue weighted by molar-refractivity contribution is -0.375. The molecule has 0 aliphatic carbocycles. The predicted molar refractivity (Wildman–Crippen MR) is 86.7 cm³/mol. The number of para-hydroxylation sites is 2. The zero-order valence-corrected chi connectivity index (χ0v) is 12.1. The van der Waals surface area contributed by atoms with Gasteiger partial charge >= 0.3 is 5.70 Å². The standard InChI is InChI=1S/C17H15N3O2/c1-2-19-15-11-7-6-10-14(15)18-17(19)16(20(21)22)12-13-8-4-3-5-9-13/h3-12H,2H2,1H3. The van der Waals surface area contributed by atoms with Crippen molar-refractivity contribution in [3.8, 4) is 0 Å². The summed E-state index contributed by atoms with van der Waals surface area (Å²) in [4.78, 5) is 15.6. The first-order valence-corrected chi connectivity index (χ1v) is 7.07. The molecule has 0 unspecified atom stereocenters. The maximum atomic E-state index is 11.5. The number of nitrogens with zero attached hydrogens (tertiary/aromatic N) is 3. The van der Waals surface area contributed by atoms with Crippen LogP contribution in [0.1, 0.15) is 18.3 Å². The molecule has 0 saturated carbocycles. The minimum absolute atomic E-state index is 0.00394. The molecule has 3 rings (SSSR count). The number of hydrogen-bond donors (Lipinski definition) is 0. The van der Waals surface area contributed by atoms with Gasteiger partial charge in [0.25, 0.3) is 0 Å². The van der Waals surface area contributed by atoms with Gasteiger partial charge in [-0.2, -0.15) is 0 Å². The first kappa shape index (κ1) is 14.0. The monoisotopic (exact) mass is 293 g/mol. The molecule has 0 fully saturated rings. The van der Waals surface area contributed by atoms with E-state index in [-0.39, 0.29) is 10.6 Å². The van der Waals surface area contributed by atoms with Crippen molar-refractivity contribution in [3.05, 3.63) is 76.1 Å². The van der Waals surface area contributed by atoms with Crippen LogP contribution in [0.4, 0.5) is 0 Å².